The standard InChI is InChI=1S/C17H22NOP/c1-11-2-5-14-16-8-12-3-4-13(19-20)9-15(12)17(14,10-11)6-7-18-16/h2-5,9,11,14,16,18H,6-8,10,20H2,1H3/t11?,14?,16-,17+/m1/s1. The van der Waals surface area contributed by atoms with Gasteiger partial charge < -0.3 is 9.84 Å². The second-order valence-corrected chi connectivity index (χ2v) is 6.94. The van der Waals surface area contributed by atoms with E-state index in [0.29, 0.717) is 23.3 Å². The van der Waals surface area contributed by atoms with Gasteiger partial charge in [-0.25, -0.2) is 0 Å². The monoisotopic (exact) mass is 287 g/mol. The van der Waals surface area contributed by atoms with E-state index in [2.05, 4.69) is 52.1 Å². The zero-order valence-electron chi connectivity index (χ0n) is 11.9. The molecule has 3 aliphatic rings. The van der Waals surface area contributed by atoms with Crippen molar-refractivity contribution in [3.63, 3.8) is 0 Å². The van der Waals surface area contributed by atoms with Crippen LogP contribution in [0.4, 0.5) is 0 Å². The van der Waals surface area contributed by atoms with E-state index in [-0.39, 0.29) is 0 Å². The van der Waals surface area contributed by atoms with Crippen molar-refractivity contribution in [2.45, 2.75) is 37.6 Å². The third-order valence-electron chi connectivity index (χ3n) is 5.58. The molecule has 1 N–H and O–H groups in total. The Kier molecular flexibility index (Phi) is 2.94. The van der Waals surface area contributed by atoms with E-state index in [4.69, 9.17) is 4.52 Å². The molecule has 1 aromatic rings. The SMILES string of the molecule is CC1C=CC2[C@H]3Cc4ccc(OP)cc4[C@@]2(CCN3)C1. The van der Waals surface area contributed by atoms with Crippen molar-refractivity contribution in [2.24, 2.45) is 11.8 Å². The molecular formula is C17H22NOP. The molecule has 1 aromatic carbocycles. The molecule has 2 aliphatic carbocycles. The molecule has 0 radical (unpaired) electrons. The normalized spacial score (nSPS) is 38.0. The summed E-state index contributed by atoms with van der Waals surface area (Å²) in [6.07, 6.45) is 8.58. The highest BCUT2D eigenvalue weighted by molar-refractivity contribution is 7.10. The fourth-order valence-corrected chi connectivity index (χ4v) is 4.95. The zero-order chi connectivity index (χ0) is 13.7. The quantitative estimate of drug-likeness (QED) is 0.632. The summed E-state index contributed by atoms with van der Waals surface area (Å²) in [5.41, 5.74) is 3.40. The Morgan fingerprint density at radius 1 is 1.35 bits per heavy atom. The maximum absolute atomic E-state index is 5.40. The zero-order valence-corrected chi connectivity index (χ0v) is 13.1. The Morgan fingerprint density at radius 2 is 2.25 bits per heavy atom. The van der Waals surface area contributed by atoms with Gasteiger partial charge in [0, 0.05) is 17.4 Å². The molecule has 1 aliphatic heterocycles. The van der Waals surface area contributed by atoms with Crippen molar-refractivity contribution < 1.29 is 4.52 Å². The van der Waals surface area contributed by atoms with Gasteiger partial charge in [-0.15, -0.1) is 0 Å². The van der Waals surface area contributed by atoms with Crippen LogP contribution in [0.5, 0.6) is 5.75 Å². The molecule has 0 aromatic heterocycles. The van der Waals surface area contributed by atoms with Crippen molar-refractivity contribution >= 4 is 9.47 Å². The van der Waals surface area contributed by atoms with E-state index in [0.717, 1.165) is 18.7 Å². The molecule has 0 saturated carbocycles. The Balaban J connectivity index is 1.91. The largest absolute Gasteiger partial charge is 0.480 e. The minimum atomic E-state index is 0.330. The molecule has 1 heterocycles. The average molecular weight is 287 g/mol. The van der Waals surface area contributed by atoms with Crippen LogP contribution in [0.3, 0.4) is 0 Å². The number of rotatable bonds is 1. The van der Waals surface area contributed by atoms with Crippen LogP contribution in [-0.2, 0) is 11.8 Å². The molecule has 3 heteroatoms. The van der Waals surface area contributed by atoms with Crippen molar-refractivity contribution in [1.82, 2.24) is 5.32 Å². The number of hydrogen-bond donors (Lipinski definition) is 1. The van der Waals surface area contributed by atoms with Gasteiger partial charge in [0.05, 0.1) is 9.47 Å². The smallest absolute Gasteiger partial charge is 0.122 e. The minimum absolute atomic E-state index is 0.330. The molecule has 3 unspecified atom stereocenters. The molecule has 0 amide bonds. The Morgan fingerprint density at radius 3 is 3.10 bits per heavy atom. The van der Waals surface area contributed by atoms with Gasteiger partial charge in [0.1, 0.15) is 5.75 Å². The second kappa shape index (κ2) is 4.58. The van der Waals surface area contributed by atoms with Crippen LogP contribution in [0.15, 0.2) is 30.4 Å². The maximum atomic E-state index is 5.40. The van der Waals surface area contributed by atoms with Gasteiger partial charge in [-0.1, -0.05) is 25.1 Å². The van der Waals surface area contributed by atoms with E-state index in [1.807, 2.05) is 0 Å². The number of hydrogen-bond acceptors (Lipinski definition) is 2. The van der Waals surface area contributed by atoms with Crippen molar-refractivity contribution in [2.75, 3.05) is 6.54 Å². The first kappa shape index (κ1) is 12.9. The second-order valence-electron chi connectivity index (χ2n) is 6.70. The Hall–Kier alpha value is -0.850. The molecule has 2 nitrogen and oxygen atoms in total. The number of nitrogens with one attached hydrogen (secondary N) is 1. The molecule has 1 saturated heterocycles. The lowest BCUT2D eigenvalue weighted by Crippen LogP contribution is -2.59. The van der Waals surface area contributed by atoms with Crippen LogP contribution in [0.1, 0.15) is 30.9 Å². The lowest BCUT2D eigenvalue weighted by Gasteiger charge is -2.55. The van der Waals surface area contributed by atoms with Crippen LogP contribution in [0, 0.1) is 11.8 Å². The third kappa shape index (κ3) is 1.71. The summed E-state index contributed by atoms with van der Waals surface area (Å²) in [5, 5.41) is 3.74. The van der Waals surface area contributed by atoms with Gasteiger partial charge >= 0.3 is 0 Å². The molecule has 0 spiro atoms. The van der Waals surface area contributed by atoms with Crippen molar-refractivity contribution in [1.29, 1.82) is 0 Å². The van der Waals surface area contributed by atoms with E-state index < -0.39 is 0 Å². The summed E-state index contributed by atoms with van der Waals surface area (Å²) < 4.78 is 5.40. The topological polar surface area (TPSA) is 21.3 Å². The fraction of sp³-hybridized carbons (Fsp3) is 0.529. The summed E-state index contributed by atoms with van der Waals surface area (Å²) >= 11 is 0. The first-order valence-electron chi connectivity index (χ1n) is 7.65. The summed E-state index contributed by atoms with van der Waals surface area (Å²) in [4.78, 5) is 0. The van der Waals surface area contributed by atoms with Crippen LogP contribution in [-0.4, -0.2) is 12.6 Å². The molecule has 1 fully saturated rings. The van der Waals surface area contributed by atoms with Crippen molar-refractivity contribution in [3.05, 3.63) is 41.5 Å². The summed E-state index contributed by atoms with van der Waals surface area (Å²) in [7, 11) is 2.37. The number of fused-ring (bicyclic) bond motifs is 1. The lowest BCUT2D eigenvalue weighted by molar-refractivity contribution is 0.132. The fourth-order valence-electron chi connectivity index (χ4n) is 4.80. The highest BCUT2D eigenvalue weighted by Crippen LogP contribution is 2.53. The maximum Gasteiger partial charge on any atom is 0.122 e. The molecule has 5 atom stereocenters. The predicted molar refractivity (Wildman–Crippen MR) is 85.0 cm³/mol. The van der Waals surface area contributed by atoms with Gasteiger partial charge in [0.15, 0.2) is 0 Å². The van der Waals surface area contributed by atoms with Crippen LogP contribution < -0.4 is 9.84 Å². The van der Waals surface area contributed by atoms with Crippen molar-refractivity contribution in [3.8, 4) is 5.75 Å². The number of allylic oxidation sites excluding steroid dienone is 1. The summed E-state index contributed by atoms with van der Waals surface area (Å²) in [6.45, 7) is 3.50. The van der Waals surface area contributed by atoms with Gasteiger partial charge in [0.25, 0.3) is 0 Å². The van der Waals surface area contributed by atoms with E-state index in [1.165, 1.54) is 18.4 Å². The molecule has 4 rings (SSSR count). The number of piperidine rings is 1. The molecule has 2 bridgehead atoms. The van der Waals surface area contributed by atoms with Gasteiger partial charge in [0.2, 0.25) is 0 Å². The number of benzene rings is 1. The molecule has 20 heavy (non-hydrogen) atoms. The minimum Gasteiger partial charge on any atom is -0.480 e. The van der Waals surface area contributed by atoms with Crippen LogP contribution in [0.25, 0.3) is 0 Å². The van der Waals surface area contributed by atoms with E-state index >= 15 is 0 Å². The third-order valence-corrected chi connectivity index (χ3v) is 5.85. The molecule has 106 valence electrons. The van der Waals surface area contributed by atoms with Gasteiger partial charge in [-0.05, 0) is 55.0 Å². The average Bonchev–Trinajstić information content (AvgIpc) is 2.46. The molecular weight excluding hydrogens is 265 g/mol. The predicted octanol–water partition coefficient (Wildman–Crippen LogP) is 3.22. The van der Waals surface area contributed by atoms with Crippen LogP contribution in [0.2, 0.25) is 0 Å². The van der Waals surface area contributed by atoms with E-state index in [1.54, 1.807) is 5.56 Å². The van der Waals surface area contributed by atoms with E-state index in [9.17, 15) is 0 Å². The van der Waals surface area contributed by atoms with Crippen LogP contribution >= 0.6 is 9.47 Å². The highest BCUT2D eigenvalue weighted by atomic mass is 31.0. The summed E-state index contributed by atoms with van der Waals surface area (Å²) in [5.74, 6) is 2.30. The summed E-state index contributed by atoms with van der Waals surface area (Å²) in [6, 6.07) is 7.28. The first-order chi connectivity index (χ1) is 9.73. The lowest BCUT2D eigenvalue weighted by atomic mass is 9.53. The highest BCUT2D eigenvalue weighted by Gasteiger charge is 2.51. The Bertz CT molecular complexity index is 570. The van der Waals surface area contributed by atoms with Gasteiger partial charge in [-0.3, -0.25) is 0 Å². The first-order valence-corrected chi connectivity index (χ1v) is 8.12. The Labute approximate surface area is 123 Å². The van der Waals surface area contributed by atoms with Gasteiger partial charge in [-0.2, -0.15) is 0 Å².